The van der Waals surface area contributed by atoms with Crippen LogP contribution in [0.2, 0.25) is 0 Å². The van der Waals surface area contributed by atoms with E-state index in [9.17, 15) is 9.18 Å². The second-order valence-electron chi connectivity index (χ2n) is 5.34. The van der Waals surface area contributed by atoms with Gasteiger partial charge >= 0.3 is 0 Å². The van der Waals surface area contributed by atoms with Crippen molar-refractivity contribution in [1.29, 1.82) is 0 Å². The predicted molar refractivity (Wildman–Crippen MR) is 93.2 cm³/mol. The molecular weight excluding hydrogens is 291 g/mol. The summed E-state index contributed by atoms with van der Waals surface area (Å²) in [4.78, 5) is 11.1. The van der Waals surface area contributed by atoms with Gasteiger partial charge in [-0.2, -0.15) is 0 Å². The van der Waals surface area contributed by atoms with E-state index in [1.54, 1.807) is 31.4 Å². The zero-order valence-electron chi connectivity index (χ0n) is 14.1. The molecule has 0 N–H and O–H groups in total. The molecule has 0 atom stereocenters. The van der Waals surface area contributed by atoms with Gasteiger partial charge in [-0.25, -0.2) is 4.39 Å². The van der Waals surface area contributed by atoms with E-state index >= 15 is 0 Å². The molecule has 0 saturated heterocycles. The molecule has 2 nitrogen and oxygen atoms in total. The van der Waals surface area contributed by atoms with Crippen molar-refractivity contribution in [3.05, 3.63) is 59.9 Å². The highest BCUT2D eigenvalue weighted by Gasteiger charge is 2.01. The van der Waals surface area contributed by atoms with Crippen LogP contribution < -0.4 is 0 Å². The molecule has 2 rings (SSSR count). The van der Waals surface area contributed by atoms with Crippen molar-refractivity contribution in [2.45, 2.75) is 33.1 Å². The molecule has 0 fully saturated rings. The number of methoxy groups -OCH3 is 1. The fourth-order valence-electron chi connectivity index (χ4n) is 2.04. The molecular formula is C20H25FO2. The molecule has 0 radical (unpaired) electrons. The third-order valence-electron chi connectivity index (χ3n) is 3.42. The Labute approximate surface area is 138 Å². The van der Waals surface area contributed by atoms with E-state index in [1.807, 2.05) is 12.1 Å². The van der Waals surface area contributed by atoms with Crippen LogP contribution in [-0.2, 0) is 4.74 Å². The van der Waals surface area contributed by atoms with E-state index in [-0.39, 0.29) is 11.6 Å². The largest absolute Gasteiger partial charge is 0.385 e. The van der Waals surface area contributed by atoms with Crippen molar-refractivity contribution in [3.63, 3.8) is 0 Å². The lowest BCUT2D eigenvalue weighted by Crippen LogP contribution is -1.90. The van der Waals surface area contributed by atoms with Gasteiger partial charge in [-0.05, 0) is 36.6 Å². The summed E-state index contributed by atoms with van der Waals surface area (Å²) >= 11 is 0. The number of Topliss-reactive ketones (excluding diaryl/α,β-unsaturated/α-hetero) is 1. The van der Waals surface area contributed by atoms with Crippen LogP contribution in [0.4, 0.5) is 4.39 Å². The maximum absolute atomic E-state index is 12.7. The van der Waals surface area contributed by atoms with E-state index in [1.165, 1.54) is 38.3 Å². The van der Waals surface area contributed by atoms with Crippen molar-refractivity contribution >= 4 is 5.78 Å². The maximum Gasteiger partial charge on any atom is 0.159 e. The number of halogens is 1. The second-order valence-corrected chi connectivity index (χ2v) is 5.34. The molecule has 0 aliphatic heterocycles. The van der Waals surface area contributed by atoms with Gasteiger partial charge < -0.3 is 4.74 Å². The van der Waals surface area contributed by atoms with Crippen LogP contribution in [0, 0.1) is 5.82 Å². The van der Waals surface area contributed by atoms with Gasteiger partial charge in [-0.3, -0.25) is 4.79 Å². The Balaban J connectivity index is 0.000000322. The Morgan fingerprint density at radius 3 is 1.91 bits per heavy atom. The number of carbonyl (C=O) groups is 1. The van der Waals surface area contributed by atoms with Gasteiger partial charge in [-0.1, -0.05) is 56.2 Å². The van der Waals surface area contributed by atoms with Gasteiger partial charge in [0.2, 0.25) is 0 Å². The topological polar surface area (TPSA) is 26.3 Å². The van der Waals surface area contributed by atoms with E-state index in [0.29, 0.717) is 5.56 Å². The molecule has 0 bridgehead atoms. The summed E-state index contributed by atoms with van der Waals surface area (Å²) < 4.78 is 17.6. The SMILES string of the molecule is CC(=O)c1ccc(-c2ccc(F)cc2)cc1.CCCCCOC. The smallest absolute Gasteiger partial charge is 0.159 e. The second kappa shape index (κ2) is 10.7. The first-order valence-corrected chi connectivity index (χ1v) is 7.94. The van der Waals surface area contributed by atoms with Crippen LogP contribution in [0.3, 0.4) is 0 Å². The first-order chi connectivity index (χ1) is 11.1. The minimum absolute atomic E-state index is 0.0469. The third-order valence-corrected chi connectivity index (χ3v) is 3.42. The average molecular weight is 316 g/mol. The summed E-state index contributed by atoms with van der Waals surface area (Å²) in [6.07, 6.45) is 3.80. The van der Waals surface area contributed by atoms with Crippen molar-refractivity contribution in [1.82, 2.24) is 0 Å². The van der Waals surface area contributed by atoms with E-state index < -0.39 is 0 Å². The van der Waals surface area contributed by atoms with Gasteiger partial charge in [-0.15, -0.1) is 0 Å². The highest BCUT2D eigenvalue weighted by atomic mass is 19.1. The Kier molecular flexibility index (Phi) is 8.85. The predicted octanol–water partition coefficient (Wildman–Crippen LogP) is 5.52. The molecule has 0 amide bonds. The minimum Gasteiger partial charge on any atom is -0.385 e. The quantitative estimate of drug-likeness (QED) is 0.518. The number of unbranched alkanes of at least 4 members (excludes halogenated alkanes) is 2. The zero-order valence-corrected chi connectivity index (χ0v) is 14.1. The molecule has 0 spiro atoms. The number of carbonyl (C=O) groups excluding carboxylic acids is 1. The highest BCUT2D eigenvalue weighted by Crippen LogP contribution is 2.20. The van der Waals surface area contributed by atoms with Crippen LogP contribution in [0.25, 0.3) is 11.1 Å². The lowest BCUT2D eigenvalue weighted by Gasteiger charge is -2.02. The number of ketones is 1. The molecule has 0 unspecified atom stereocenters. The maximum atomic E-state index is 12.7. The first kappa shape index (κ1) is 19.0. The number of ether oxygens (including phenoxy) is 1. The summed E-state index contributed by atoms with van der Waals surface area (Å²) in [6, 6.07) is 13.6. The summed E-state index contributed by atoms with van der Waals surface area (Å²) in [5, 5.41) is 0. The molecule has 3 heteroatoms. The number of rotatable bonds is 6. The Bertz CT molecular complexity index is 570. The van der Waals surface area contributed by atoms with Crippen molar-refractivity contribution in [2.24, 2.45) is 0 Å². The van der Waals surface area contributed by atoms with Crippen LogP contribution in [0.15, 0.2) is 48.5 Å². The van der Waals surface area contributed by atoms with Crippen molar-refractivity contribution < 1.29 is 13.9 Å². The average Bonchev–Trinajstić information content (AvgIpc) is 2.57. The fraction of sp³-hybridized carbons (Fsp3) is 0.350. The van der Waals surface area contributed by atoms with Crippen LogP contribution in [0.1, 0.15) is 43.5 Å². The molecule has 0 heterocycles. The molecule has 0 aromatic heterocycles. The Hall–Kier alpha value is -2.00. The van der Waals surface area contributed by atoms with Gasteiger partial charge in [0.15, 0.2) is 5.78 Å². The Morgan fingerprint density at radius 1 is 0.957 bits per heavy atom. The van der Waals surface area contributed by atoms with Gasteiger partial charge in [0, 0.05) is 19.3 Å². The Morgan fingerprint density at radius 2 is 1.48 bits per heavy atom. The first-order valence-electron chi connectivity index (χ1n) is 7.94. The normalized spacial score (nSPS) is 9.91. The molecule has 2 aromatic rings. The standard InChI is InChI=1S/C14H11FO.C6H14O/c1-10(16)11-2-4-12(5-3-11)13-6-8-14(15)9-7-13;1-3-4-5-6-7-2/h2-9H,1H3;3-6H2,1-2H3. The lowest BCUT2D eigenvalue weighted by molar-refractivity contribution is 0.101. The van der Waals surface area contributed by atoms with E-state index in [2.05, 4.69) is 6.92 Å². The third kappa shape index (κ3) is 7.20. The van der Waals surface area contributed by atoms with Crippen LogP contribution >= 0.6 is 0 Å². The highest BCUT2D eigenvalue weighted by molar-refractivity contribution is 5.94. The van der Waals surface area contributed by atoms with E-state index in [0.717, 1.165) is 17.7 Å². The van der Waals surface area contributed by atoms with Gasteiger partial charge in [0.25, 0.3) is 0 Å². The number of hydrogen-bond donors (Lipinski definition) is 0. The molecule has 0 saturated carbocycles. The number of benzene rings is 2. The lowest BCUT2D eigenvalue weighted by atomic mass is 10.0. The molecule has 23 heavy (non-hydrogen) atoms. The van der Waals surface area contributed by atoms with Gasteiger partial charge in [0.1, 0.15) is 5.82 Å². The molecule has 0 aliphatic carbocycles. The number of hydrogen-bond acceptors (Lipinski definition) is 2. The van der Waals surface area contributed by atoms with Crippen LogP contribution in [0.5, 0.6) is 0 Å². The fourth-order valence-corrected chi connectivity index (χ4v) is 2.04. The van der Waals surface area contributed by atoms with Crippen molar-refractivity contribution in [2.75, 3.05) is 13.7 Å². The molecule has 124 valence electrons. The molecule has 2 aromatic carbocycles. The summed E-state index contributed by atoms with van der Waals surface area (Å²) in [6.45, 7) is 4.65. The molecule has 0 aliphatic rings. The monoisotopic (exact) mass is 316 g/mol. The minimum atomic E-state index is -0.246. The van der Waals surface area contributed by atoms with Crippen molar-refractivity contribution in [3.8, 4) is 11.1 Å². The zero-order chi connectivity index (χ0) is 17.1. The summed E-state index contributed by atoms with van der Waals surface area (Å²) in [5.74, 6) is -0.199. The van der Waals surface area contributed by atoms with Gasteiger partial charge in [0.05, 0.1) is 0 Å². The van der Waals surface area contributed by atoms with E-state index in [4.69, 9.17) is 4.74 Å². The summed E-state index contributed by atoms with van der Waals surface area (Å²) in [5.41, 5.74) is 2.60. The van der Waals surface area contributed by atoms with Crippen LogP contribution in [-0.4, -0.2) is 19.5 Å². The summed E-state index contributed by atoms with van der Waals surface area (Å²) in [7, 11) is 1.75.